The van der Waals surface area contributed by atoms with Crippen molar-refractivity contribution < 1.29 is 9.47 Å². The summed E-state index contributed by atoms with van der Waals surface area (Å²) < 4.78 is 11.6. The van der Waals surface area contributed by atoms with Gasteiger partial charge in [0.2, 0.25) is 0 Å². The predicted octanol–water partition coefficient (Wildman–Crippen LogP) is 2.76. The van der Waals surface area contributed by atoms with Crippen LogP contribution in [-0.2, 0) is 0 Å². The minimum Gasteiger partial charge on any atom is -0.486 e. The number of ether oxygens (including phenoxy) is 2. The van der Waals surface area contributed by atoms with E-state index in [2.05, 4.69) is 18.7 Å². The minimum atomic E-state index is 0.345. The Hall–Kier alpha value is -1.23. The van der Waals surface area contributed by atoms with E-state index in [1.807, 2.05) is 23.9 Å². The SMILES string of the molecule is CC1(C)CCN(c2cc3c(cc2N)OCCO3)CCS1. The van der Waals surface area contributed by atoms with Crippen molar-refractivity contribution in [2.45, 2.75) is 25.0 Å². The molecule has 1 saturated heterocycles. The second-order valence-electron chi connectivity index (χ2n) is 5.90. The minimum absolute atomic E-state index is 0.345. The fourth-order valence-electron chi connectivity index (χ4n) is 2.63. The van der Waals surface area contributed by atoms with Gasteiger partial charge in [0.15, 0.2) is 11.5 Å². The van der Waals surface area contributed by atoms with Gasteiger partial charge in [-0.05, 0) is 6.42 Å². The van der Waals surface area contributed by atoms with Gasteiger partial charge in [-0.2, -0.15) is 11.8 Å². The van der Waals surface area contributed by atoms with E-state index in [0.717, 1.165) is 48.1 Å². The molecule has 20 heavy (non-hydrogen) atoms. The number of thioether (sulfide) groups is 1. The highest BCUT2D eigenvalue weighted by Crippen LogP contribution is 2.40. The zero-order chi connectivity index (χ0) is 14.2. The standard InChI is InChI=1S/C15H22N2O2S/c1-15(2)3-4-17(5-8-20-15)12-10-14-13(9-11(12)16)18-6-7-19-14/h9-10H,3-8,16H2,1-2H3. The second-order valence-corrected chi connectivity index (χ2v) is 7.70. The first-order valence-corrected chi connectivity index (χ1v) is 8.12. The molecule has 3 rings (SSSR count). The lowest BCUT2D eigenvalue weighted by Gasteiger charge is -2.27. The first kappa shape index (κ1) is 13.7. The van der Waals surface area contributed by atoms with Crippen LogP contribution in [0.3, 0.4) is 0 Å². The smallest absolute Gasteiger partial charge is 0.163 e. The molecule has 110 valence electrons. The van der Waals surface area contributed by atoms with Crippen molar-refractivity contribution in [3.05, 3.63) is 12.1 Å². The van der Waals surface area contributed by atoms with E-state index in [9.17, 15) is 0 Å². The summed E-state index contributed by atoms with van der Waals surface area (Å²) in [5.74, 6) is 2.71. The van der Waals surface area contributed by atoms with Gasteiger partial charge in [-0.25, -0.2) is 0 Å². The predicted molar refractivity (Wildman–Crippen MR) is 85.2 cm³/mol. The number of fused-ring (bicyclic) bond motifs is 1. The van der Waals surface area contributed by atoms with Gasteiger partial charge in [0.25, 0.3) is 0 Å². The number of hydrogen-bond acceptors (Lipinski definition) is 5. The fraction of sp³-hybridized carbons (Fsp3) is 0.600. The number of rotatable bonds is 1. The molecule has 4 nitrogen and oxygen atoms in total. The molecule has 0 amide bonds. The van der Waals surface area contributed by atoms with Gasteiger partial charge in [-0.15, -0.1) is 0 Å². The lowest BCUT2D eigenvalue weighted by atomic mass is 10.1. The van der Waals surface area contributed by atoms with Crippen LogP contribution in [0.1, 0.15) is 20.3 Å². The van der Waals surface area contributed by atoms with Crippen LogP contribution in [0.4, 0.5) is 11.4 Å². The van der Waals surface area contributed by atoms with E-state index in [0.29, 0.717) is 18.0 Å². The maximum Gasteiger partial charge on any atom is 0.163 e. The van der Waals surface area contributed by atoms with Crippen molar-refractivity contribution in [1.29, 1.82) is 0 Å². The molecule has 0 atom stereocenters. The molecule has 2 heterocycles. The van der Waals surface area contributed by atoms with Crippen molar-refractivity contribution in [2.24, 2.45) is 0 Å². The van der Waals surface area contributed by atoms with E-state index >= 15 is 0 Å². The Balaban J connectivity index is 1.86. The number of benzene rings is 1. The molecular weight excluding hydrogens is 272 g/mol. The Morgan fingerprint density at radius 1 is 1.15 bits per heavy atom. The Morgan fingerprint density at radius 2 is 1.85 bits per heavy atom. The summed E-state index contributed by atoms with van der Waals surface area (Å²) in [6, 6.07) is 3.93. The maximum atomic E-state index is 6.21. The Bertz CT molecular complexity index is 505. The Labute approximate surface area is 124 Å². The average Bonchev–Trinajstić information content (AvgIpc) is 2.59. The Kier molecular flexibility index (Phi) is 3.63. The highest BCUT2D eigenvalue weighted by molar-refractivity contribution is 8.00. The summed E-state index contributed by atoms with van der Waals surface area (Å²) in [5, 5.41) is 0. The van der Waals surface area contributed by atoms with Gasteiger partial charge in [0.05, 0.1) is 11.4 Å². The third-order valence-electron chi connectivity index (χ3n) is 3.87. The van der Waals surface area contributed by atoms with E-state index in [1.54, 1.807) is 0 Å². The number of anilines is 2. The first-order valence-electron chi connectivity index (χ1n) is 7.13. The number of hydrogen-bond donors (Lipinski definition) is 1. The quantitative estimate of drug-likeness (QED) is 0.807. The molecule has 1 aromatic rings. The zero-order valence-corrected chi connectivity index (χ0v) is 13.0. The lowest BCUT2D eigenvalue weighted by Crippen LogP contribution is -2.28. The molecule has 2 N–H and O–H groups in total. The van der Waals surface area contributed by atoms with E-state index in [1.165, 1.54) is 0 Å². The van der Waals surface area contributed by atoms with Gasteiger partial charge in [-0.3, -0.25) is 0 Å². The molecule has 0 unspecified atom stereocenters. The Morgan fingerprint density at radius 3 is 2.60 bits per heavy atom. The average molecular weight is 294 g/mol. The molecule has 5 heteroatoms. The molecule has 0 aromatic heterocycles. The van der Waals surface area contributed by atoms with Crippen molar-refractivity contribution >= 4 is 23.1 Å². The third-order valence-corrected chi connectivity index (χ3v) is 5.24. The molecule has 0 spiro atoms. The van der Waals surface area contributed by atoms with Crippen LogP contribution in [-0.4, -0.2) is 36.8 Å². The summed E-state index contributed by atoms with van der Waals surface area (Å²) in [5.41, 5.74) is 8.06. The molecule has 1 aromatic carbocycles. The van der Waals surface area contributed by atoms with Crippen molar-refractivity contribution in [3.8, 4) is 11.5 Å². The fourth-order valence-corrected chi connectivity index (χ4v) is 3.73. The van der Waals surface area contributed by atoms with Crippen LogP contribution in [0.25, 0.3) is 0 Å². The van der Waals surface area contributed by atoms with E-state index < -0.39 is 0 Å². The molecule has 0 bridgehead atoms. The van der Waals surface area contributed by atoms with Gasteiger partial charge >= 0.3 is 0 Å². The number of nitrogen functional groups attached to an aromatic ring is 1. The van der Waals surface area contributed by atoms with Crippen molar-refractivity contribution in [1.82, 2.24) is 0 Å². The van der Waals surface area contributed by atoms with Crippen LogP contribution >= 0.6 is 11.8 Å². The highest BCUT2D eigenvalue weighted by Gasteiger charge is 2.25. The van der Waals surface area contributed by atoms with E-state index in [-0.39, 0.29) is 0 Å². The largest absolute Gasteiger partial charge is 0.486 e. The molecule has 2 aliphatic rings. The van der Waals surface area contributed by atoms with Crippen LogP contribution < -0.4 is 20.1 Å². The van der Waals surface area contributed by atoms with Gasteiger partial charge in [-0.1, -0.05) is 13.8 Å². The van der Waals surface area contributed by atoms with Crippen LogP contribution in [0.5, 0.6) is 11.5 Å². The summed E-state index contributed by atoms with van der Waals surface area (Å²) in [6.45, 7) is 7.89. The van der Waals surface area contributed by atoms with Crippen molar-refractivity contribution in [3.63, 3.8) is 0 Å². The second kappa shape index (κ2) is 5.28. The molecule has 1 fully saturated rings. The molecule has 0 radical (unpaired) electrons. The van der Waals surface area contributed by atoms with Crippen LogP contribution in [0, 0.1) is 0 Å². The highest BCUT2D eigenvalue weighted by atomic mass is 32.2. The lowest BCUT2D eigenvalue weighted by molar-refractivity contribution is 0.172. The normalized spacial score (nSPS) is 21.4. The summed E-state index contributed by atoms with van der Waals surface area (Å²) in [4.78, 5) is 2.37. The summed E-state index contributed by atoms with van der Waals surface area (Å²) in [6.07, 6.45) is 1.16. The monoisotopic (exact) mass is 294 g/mol. The molecule has 2 aliphatic heterocycles. The topological polar surface area (TPSA) is 47.7 Å². The summed E-state index contributed by atoms with van der Waals surface area (Å²) >= 11 is 2.04. The number of nitrogens with zero attached hydrogens (tertiary/aromatic N) is 1. The first-order chi connectivity index (χ1) is 9.55. The maximum absolute atomic E-state index is 6.21. The summed E-state index contributed by atoms with van der Waals surface area (Å²) in [7, 11) is 0. The molecule has 0 saturated carbocycles. The van der Waals surface area contributed by atoms with Crippen LogP contribution in [0.15, 0.2) is 12.1 Å². The van der Waals surface area contributed by atoms with Gasteiger partial charge < -0.3 is 20.1 Å². The number of nitrogens with two attached hydrogens (primary N) is 1. The molecular formula is C15H22N2O2S. The van der Waals surface area contributed by atoms with Gasteiger partial charge in [0, 0.05) is 35.7 Å². The third kappa shape index (κ3) is 2.77. The zero-order valence-electron chi connectivity index (χ0n) is 12.1. The van der Waals surface area contributed by atoms with Crippen molar-refractivity contribution in [2.75, 3.05) is 42.7 Å². The molecule has 0 aliphatic carbocycles. The van der Waals surface area contributed by atoms with Gasteiger partial charge in [0.1, 0.15) is 13.2 Å². The van der Waals surface area contributed by atoms with E-state index in [4.69, 9.17) is 15.2 Å². The van der Waals surface area contributed by atoms with Crippen LogP contribution in [0.2, 0.25) is 0 Å².